The van der Waals surface area contributed by atoms with Crippen molar-refractivity contribution in [3.05, 3.63) is 29.2 Å². The van der Waals surface area contributed by atoms with Crippen molar-refractivity contribution in [2.24, 2.45) is 5.18 Å². The summed E-state index contributed by atoms with van der Waals surface area (Å²) in [6.45, 7) is 0. The molecule has 0 amide bonds. The number of phenolic OH excluding ortho intramolecular Hbond substituents is 1. The van der Waals surface area contributed by atoms with Gasteiger partial charge in [-0.3, -0.25) is 4.72 Å². The van der Waals surface area contributed by atoms with Crippen molar-refractivity contribution in [1.82, 2.24) is 0 Å². The molecular formula is C10H6N2O4S. The summed E-state index contributed by atoms with van der Waals surface area (Å²) < 4.78 is 25.8. The minimum Gasteiger partial charge on any atom is -0.505 e. The Morgan fingerprint density at radius 1 is 1.29 bits per heavy atom. The van der Waals surface area contributed by atoms with Crippen molar-refractivity contribution < 1.29 is 13.5 Å². The van der Waals surface area contributed by atoms with Gasteiger partial charge in [0.05, 0.1) is 10.6 Å². The van der Waals surface area contributed by atoms with E-state index in [9.17, 15) is 18.4 Å². The Labute approximate surface area is 95.9 Å². The minimum atomic E-state index is -3.60. The van der Waals surface area contributed by atoms with Gasteiger partial charge in [-0.25, -0.2) is 8.42 Å². The van der Waals surface area contributed by atoms with Crippen LogP contribution in [0.1, 0.15) is 0 Å². The highest BCUT2D eigenvalue weighted by molar-refractivity contribution is 7.93. The van der Waals surface area contributed by atoms with Crippen molar-refractivity contribution in [1.29, 1.82) is 0 Å². The molecule has 6 nitrogen and oxygen atoms in total. The maximum atomic E-state index is 11.7. The van der Waals surface area contributed by atoms with E-state index in [1.807, 2.05) is 0 Å². The standard InChI is InChI=1S/C10H6N2O4S/c13-10-5-2-1-3-8-9(5)6(4-7(10)11-14)12-17(8,15)16/h1-4,12-13H. The van der Waals surface area contributed by atoms with Crippen LogP contribution in [-0.2, 0) is 10.0 Å². The number of hydrogen-bond acceptors (Lipinski definition) is 5. The summed E-state index contributed by atoms with van der Waals surface area (Å²) in [5, 5.41) is 13.1. The smallest absolute Gasteiger partial charge is 0.262 e. The number of hydrogen-bond donors (Lipinski definition) is 2. The second-order valence-electron chi connectivity index (χ2n) is 3.67. The highest BCUT2D eigenvalue weighted by atomic mass is 32.2. The van der Waals surface area contributed by atoms with Crippen LogP contribution in [0.3, 0.4) is 0 Å². The second-order valence-corrected chi connectivity index (χ2v) is 5.32. The largest absolute Gasteiger partial charge is 0.505 e. The van der Waals surface area contributed by atoms with Crippen LogP contribution in [0.5, 0.6) is 5.75 Å². The lowest BCUT2D eigenvalue weighted by molar-refractivity contribution is 0.483. The van der Waals surface area contributed by atoms with E-state index in [-0.39, 0.29) is 22.0 Å². The molecular weight excluding hydrogens is 244 g/mol. The Morgan fingerprint density at radius 2 is 2.06 bits per heavy atom. The number of aromatic hydroxyl groups is 1. The SMILES string of the molecule is O=Nc1cc2c3c(cccc3c1O)S(=O)(=O)N2. The van der Waals surface area contributed by atoms with Crippen LogP contribution in [0, 0.1) is 4.91 Å². The second kappa shape index (κ2) is 2.95. The average molecular weight is 250 g/mol. The predicted octanol–water partition coefficient (Wildman–Crippen LogP) is 2.06. The van der Waals surface area contributed by atoms with Gasteiger partial charge in [0.2, 0.25) is 0 Å². The fraction of sp³-hybridized carbons (Fsp3) is 0. The lowest BCUT2D eigenvalue weighted by Gasteiger charge is -2.03. The van der Waals surface area contributed by atoms with Crippen LogP contribution in [-0.4, -0.2) is 13.5 Å². The molecule has 17 heavy (non-hydrogen) atoms. The van der Waals surface area contributed by atoms with Gasteiger partial charge in [-0.2, -0.15) is 0 Å². The highest BCUT2D eigenvalue weighted by Gasteiger charge is 2.29. The number of sulfonamides is 1. The van der Waals surface area contributed by atoms with Gasteiger partial charge >= 0.3 is 0 Å². The number of nitroso groups, excluding NO2 is 1. The van der Waals surface area contributed by atoms with E-state index in [2.05, 4.69) is 9.90 Å². The molecule has 0 radical (unpaired) electrons. The van der Waals surface area contributed by atoms with Crippen LogP contribution >= 0.6 is 0 Å². The minimum absolute atomic E-state index is 0.0951. The summed E-state index contributed by atoms with van der Waals surface area (Å²) in [5.41, 5.74) is 0.0808. The third-order valence-corrected chi connectivity index (χ3v) is 4.11. The molecule has 0 aliphatic carbocycles. The lowest BCUT2D eigenvalue weighted by atomic mass is 10.1. The van der Waals surface area contributed by atoms with Crippen molar-refractivity contribution in [3.8, 4) is 5.75 Å². The molecule has 1 heterocycles. The van der Waals surface area contributed by atoms with Crippen LogP contribution in [0.15, 0.2) is 34.3 Å². The molecule has 1 aliphatic rings. The fourth-order valence-electron chi connectivity index (χ4n) is 2.00. The first-order valence-corrected chi connectivity index (χ1v) is 6.18. The van der Waals surface area contributed by atoms with E-state index in [1.165, 1.54) is 24.3 Å². The van der Waals surface area contributed by atoms with Gasteiger partial charge in [0.15, 0.2) is 11.4 Å². The molecule has 2 N–H and O–H groups in total. The molecule has 2 aromatic carbocycles. The summed E-state index contributed by atoms with van der Waals surface area (Å²) in [6, 6.07) is 5.70. The first-order valence-electron chi connectivity index (χ1n) is 4.69. The van der Waals surface area contributed by atoms with Crippen molar-refractivity contribution in [3.63, 3.8) is 0 Å². The van der Waals surface area contributed by atoms with E-state index in [4.69, 9.17) is 0 Å². The van der Waals surface area contributed by atoms with Crippen LogP contribution in [0.4, 0.5) is 11.4 Å². The van der Waals surface area contributed by atoms with E-state index in [0.717, 1.165) is 0 Å². The molecule has 3 rings (SSSR count). The number of benzene rings is 2. The predicted molar refractivity (Wildman–Crippen MR) is 61.9 cm³/mol. The van der Waals surface area contributed by atoms with Gasteiger partial charge in [-0.15, -0.1) is 4.91 Å². The van der Waals surface area contributed by atoms with Gasteiger partial charge in [-0.1, -0.05) is 12.1 Å². The average Bonchev–Trinajstić information content (AvgIpc) is 2.57. The van der Waals surface area contributed by atoms with Gasteiger partial charge in [0, 0.05) is 10.8 Å². The van der Waals surface area contributed by atoms with Crippen LogP contribution in [0.25, 0.3) is 10.8 Å². The van der Waals surface area contributed by atoms with Crippen LogP contribution < -0.4 is 4.72 Å². The third-order valence-electron chi connectivity index (χ3n) is 2.71. The number of nitrogens with zero attached hydrogens (tertiary/aromatic N) is 1. The van der Waals surface area contributed by atoms with Crippen molar-refractivity contribution in [2.75, 3.05) is 4.72 Å². The Balaban J connectivity index is 2.59. The molecule has 2 aromatic rings. The van der Waals surface area contributed by atoms with E-state index in [0.29, 0.717) is 10.8 Å². The molecule has 0 saturated heterocycles. The first-order chi connectivity index (χ1) is 8.04. The van der Waals surface area contributed by atoms with E-state index in [1.54, 1.807) is 0 Å². The third kappa shape index (κ3) is 1.17. The molecule has 7 heteroatoms. The molecule has 0 fully saturated rings. The Morgan fingerprint density at radius 3 is 2.76 bits per heavy atom. The Bertz CT molecular complexity index is 767. The summed E-state index contributed by atoms with van der Waals surface area (Å²) in [7, 11) is -3.60. The maximum Gasteiger partial charge on any atom is 0.262 e. The van der Waals surface area contributed by atoms with Gasteiger partial charge in [0.1, 0.15) is 0 Å². The summed E-state index contributed by atoms with van der Waals surface area (Å²) in [5.74, 6) is -0.306. The Hall–Kier alpha value is -2.15. The van der Waals surface area contributed by atoms with E-state index < -0.39 is 10.0 Å². The summed E-state index contributed by atoms with van der Waals surface area (Å²) >= 11 is 0. The molecule has 0 spiro atoms. The number of phenols is 1. The quantitative estimate of drug-likeness (QED) is 0.598. The monoisotopic (exact) mass is 250 g/mol. The highest BCUT2D eigenvalue weighted by Crippen LogP contribution is 2.45. The topological polar surface area (TPSA) is 95.8 Å². The molecule has 0 aromatic heterocycles. The van der Waals surface area contributed by atoms with Gasteiger partial charge in [0.25, 0.3) is 10.0 Å². The van der Waals surface area contributed by atoms with Gasteiger partial charge in [-0.05, 0) is 17.3 Å². The van der Waals surface area contributed by atoms with Crippen molar-refractivity contribution >= 4 is 32.2 Å². The normalized spacial score (nSPS) is 15.8. The zero-order chi connectivity index (χ0) is 12.2. The van der Waals surface area contributed by atoms with E-state index >= 15 is 0 Å². The maximum absolute atomic E-state index is 11.7. The molecule has 1 aliphatic heterocycles. The zero-order valence-electron chi connectivity index (χ0n) is 8.34. The first kappa shape index (κ1) is 10.0. The Kier molecular flexibility index (Phi) is 1.74. The van der Waals surface area contributed by atoms with Crippen molar-refractivity contribution in [2.45, 2.75) is 4.90 Å². The molecule has 0 bridgehead atoms. The molecule has 86 valence electrons. The number of rotatable bonds is 1. The summed E-state index contributed by atoms with van der Waals surface area (Å²) in [4.78, 5) is 10.6. The zero-order valence-corrected chi connectivity index (χ0v) is 9.15. The molecule has 0 saturated carbocycles. The number of anilines is 1. The molecule has 0 atom stereocenters. The molecule has 0 unspecified atom stereocenters. The summed E-state index contributed by atoms with van der Waals surface area (Å²) in [6.07, 6.45) is 0. The van der Waals surface area contributed by atoms with Gasteiger partial charge < -0.3 is 5.11 Å². The fourth-order valence-corrected chi connectivity index (χ4v) is 3.30. The lowest BCUT2D eigenvalue weighted by Crippen LogP contribution is -2.05. The van der Waals surface area contributed by atoms with Crippen LogP contribution in [0.2, 0.25) is 0 Å². The number of nitrogens with one attached hydrogen (secondary N) is 1.